The summed E-state index contributed by atoms with van der Waals surface area (Å²) < 4.78 is 2.31. The Morgan fingerprint density at radius 3 is 2.03 bits per heavy atom. The Kier molecular flexibility index (Phi) is 7.61. The monoisotopic (exact) mass is 460 g/mol. The number of hydrogen-bond acceptors (Lipinski definition) is 3. The Labute approximate surface area is 204 Å². The molecular formula is C30H40N2O2. The molecule has 2 fully saturated rings. The van der Waals surface area contributed by atoms with Crippen LogP contribution in [0, 0.1) is 11.8 Å². The highest BCUT2D eigenvalue weighted by Gasteiger charge is 2.35. The average Bonchev–Trinajstić information content (AvgIpc) is 3.25. The van der Waals surface area contributed by atoms with Gasteiger partial charge in [-0.3, -0.25) is 9.59 Å². The first-order chi connectivity index (χ1) is 16.7. The van der Waals surface area contributed by atoms with Crippen molar-refractivity contribution in [2.75, 3.05) is 0 Å². The van der Waals surface area contributed by atoms with Gasteiger partial charge in [-0.15, -0.1) is 0 Å². The minimum atomic E-state index is -0.428. The molecule has 0 spiro atoms. The third-order valence-corrected chi connectivity index (χ3v) is 8.60. The molecule has 1 aromatic heterocycles. The summed E-state index contributed by atoms with van der Waals surface area (Å²) >= 11 is 0. The van der Waals surface area contributed by atoms with Crippen LogP contribution in [0.4, 0.5) is 0 Å². The van der Waals surface area contributed by atoms with Gasteiger partial charge in [-0.05, 0) is 24.7 Å². The van der Waals surface area contributed by atoms with Gasteiger partial charge < -0.3 is 4.57 Å². The molecule has 0 aliphatic heterocycles. The molecule has 0 N–H and O–H groups in total. The van der Waals surface area contributed by atoms with Crippen LogP contribution in [0.2, 0.25) is 0 Å². The smallest absolute Gasteiger partial charge is 0.254 e. The number of Topliss-reactive ketones (excluding diaryl/α,β-unsaturated/α-hetero) is 2. The van der Waals surface area contributed by atoms with Crippen molar-refractivity contribution in [3.63, 3.8) is 0 Å². The Morgan fingerprint density at radius 2 is 1.35 bits per heavy atom. The van der Waals surface area contributed by atoms with Crippen molar-refractivity contribution in [2.45, 2.75) is 109 Å². The van der Waals surface area contributed by atoms with E-state index in [1.165, 1.54) is 83.5 Å². The molecule has 0 amide bonds. The van der Waals surface area contributed by atoms with Crippen LogP contribution in [0.3, 0.4) is 0 Å². The molecule has 34 heavy (non-hydrogen) atoms. The van der Waals surface area contributed by atoms with Crippen LogP contribution >= 0.6 is 0 Å². The third kappa shape index (κ3) is 5.06. The SMILES string of the molecule is O=C1C(=O)c2nc(CCCC3CCCCC3)n(CCCCC3CCCCC3)c2-c2ccccc21. The fraction of sp³-hybridized carbons (Fsp3) is 0.633. The fourth-order valence-corrected chi connectivity index (χ4v) is 6.68. The molecule has 1 heterocycles. The predicted molar refractivity (Wildman–Crippen MR) is 136 cm³/mol. The van der Waals surface area contributed by atoms with Gasteiger partial charge >= 0.3 is 0 Å². The zero-order valence-corrected chi connectivity index (χ0v) is 20.7. The first kappa shape index (κ1) is 23.5. The van der Waals surface area contributed by atoms with Crippen molar-refractivity contribution >= 4 is 11.6 Å². The molecule has 2 aromatic rings. The van der Waals surface area contributed by atoms with Gasteiger partial charge in [-0.2, -0.15) is 0 Å². The molecule has 182 valence electrons. The Bertz CT molecular complexity index is 1010. The molecule has 5 rings (SSSR count). The summed E-state index contributed by atoms with van der Waals surface area (Å²) in [5.74, 6) is 1.94. The standard InChI is InChI=1S/C30H40N2O2/c33-29-25-19-8-7-18-24(25)28-27(30(29)34)31-26(20-11-17-23-14-5-2-6-15-23)32(28)21-10-9-16-22-12-3-1-4-13-22/h7-8,18-19,22-23H,1-6,9-17,20-21H2. The lowest BCUT2D eigenvalue weighted by atomic mass is 9.85. The molecule has 3 aliphatic rings. The van der Waals surface area contributed by atoms with Crippen molar-refractivity contribution in [1.82, 2.24) is 9.55 Å². The third-order valence-electron chi connectivity index (χ3n) is 8.60. The van der Waals surface area contributed by atoms with E-state index < -0.39 is 11.6 Å². The zero-order valence-electron chi connectivity index (χ0n) is 20.7. The highest BCUT2D eigenvalue weighted by Crippen LogP contribution is 2.36. The Morgan fingerprint density at radius 1 is 0.735 bits per heavy atom. The summed E-state index contributed by atoms with van der Waals surface area (Å²) in [6.07, 6.45) is 20.8. The summed E-state index contributed by atoms with van der Waals surface area (Å²) in [5, 5.41) is 0. The van der Waals surface area contributed by atoms with E-state index in [1.807, 2.05) is 18.2 Å². The molecule has 4 heteroatoms. The summed E-state index contributed by atoms with van der Waals surface area (Å²) in [4.78, 5) is 30.6. The first-order valence-electron chi connectivity index (χ1n) is 14.0. The molecule has 0 bridgehead atoms. The molecule has 0 saturated heterocycles. The van der Waals surface area contributed by atoms with Crippen molar-refractivity contribution in [1.29, 1.82) is 0 Å². The lowest BCUT2D eigenvalue weighted by Gasteiger charge is -2.22. The van der Waals surface area contributed by atoms with E-state index in [0.717, 1.165) is 54.7 Å². The van der Waals surface area contributed by atoms with Gasteiger partial charge in [0.2, 0.25) is 5.78 Å². The molecular weight excluding hydrogens is 420 g/mol. The van der Waals surface area contributed by atoms with E-state index in [-0.39, 0.29) is 0 Å². The number of ketones is 2. The van der Waals surface area contributed by atoms with Crippen LogP contribution in [-0.4, -0.2) is 21.1 Å². The van der Waals surface area contributed by atoms with E-state index in [9.17, 15) is 9.59 Å². The number of unbranched alkanes of at least 4 members (excludes halogenated alkanes) is 1. The van der Waals surface area contributed by atoms with Gasteiger partial charge in [0.05, 0.1) is 5.69 Å². The molecule has 0 atom stereocenters. The molecule has 2 saturated carbocycles. The number of fused-ring (bicyclic) bond motifs is 3. The van der Waals surface area contributed by atoms with Gasteiger partial charge in [0.15, 0.2) is 0 Å². The number of benzene rings is 1. The molecule has 0 radical (unpaired) electrons. The minimum absolute atomic E-state index is 0.392. The molecule has 3 aliphatic carbocycles. The van der Waals surface area contributed by atoms with Crippen molar-refractivity contribution in [3.8, 4) is 11.3 Å². The number of aryl methyl sites for hydroxylation is 1. The summed E-state index contributed by atoms with van der Waals surface area (Å²) in [6.45, 7) is 0.892. The molecule has 4 nitrogen and oxygen atoms in total. The topological polar surface area (TPSA) is 52.0 Å². The molecule has 0 unspecified atom stereocenters. The van der Waals surface area contributed by atoms with E-state index in [0.29, 0.717) is 11.3 Å². The maximum absolute atomic E-state index is 13.0. The Balaban J connectivity index is 1.34. The van der Waals surface area contributed by atoms with Crippen LogP contribution < -0.4 is 0 Å². The summed E-state index contributed by atoms with van der Waals surface area (Å²) in [5.41, 5.74) is 2.71. The van der Waals surface area contributed by atoms with Gasteiger partial charge in [0, 0.05) is 24.1 Å². The summed E-state index contributed by atoms with van der Waals surface area (Å²) in [7, 11) is 0. The van der Waals surface area contributed by atoms with E-state index in [2.05, 4.69) is 4.57 Å². The lowest BCUT2D eigenvalue weighted by Crippen LogP contribution is -2.22. The average molecular weight is 461 g/mol. The van der Waals surface area contributed by atoms with Gasteiger partial charge in [0.25, 0.3) is 5.78 Å². The second-order valence-electron chi connectivity index (χ2n) is 11.0. The first-order valence-corrected chi connectivity index (χ1v) is 14.0. The number of rotatable bonds is 9. The van der Waals surface area contributed by atoms with Crippen molar-refractivity contribution in [2.24, 2.45) is 11.8 Å². The largest absolute Gasteiger partial charge is 0.327 e. The van der Waals surface area contributed by atoms with Crippen LogP contribution in [0.5, 0.6) is 0 Å². The number of nitrogens with zero attached hydrogens (tertiary/aromatic N) is 2. The number of carbonyl (C=O) groups is 2. The summed E-state index contributed by atoms with van der Waals surface area (Å²) in [6, 6.07) is 7.60. The normalized spacial score (nSPS) is 19.3. The maximum atomic E-state index is 13.0. The highest BCUT2D eigenvalue weighted by molar-refractivity contribution is 6.52. The highest BCUT2D eigenvalue weighted by atomic mass is 16.2. The Hall–Kier alpha value is -2.23. The molecule has 1 aromatic carbocycles. The van der Waals surface area contributed by atoms with Crippen molar-refractivity contribution < 1.29 is 9.59 Å². The second-order valence-corrected chi connectivity index (χ2v) is 11.0. The van der Waals surface area contributed by atoms with E-state index in [1.54, 1.807) is 6.07 Å². The van der Waals surface area contributed by atoms with E-state index in [4.69, 9.17) is 4.98 Å². The number of imidazole rings is 1. The van der Waals surface area contributed by atoms with Gasteiger partial charge in [-0.1, -0.05) is 108 Å². The predicted octanol–water partition coefficient (Wildman–Crippen LogP) is 7.58. The van der Waals surface area contributed by atoms with Crippen LogP contribution in [0.1, 0.15) is 123 Å². The van der Waals surface area contributed by atoms with Crippen molar-refractivity contribution in [3.05, 3.63) is 41.3 Å². The van der Waals surface area contributed by atoms with Gasteiger partial charge in [0.1, 0.15) is 11.5 Å². The number of aromatic nitrogens is 2. The lowest BCUT2D eigenvalue weighted by molar-refractivity contribution is 0.0812. The van der Waals surface area contributed by atoms with E-state index >= 15 is 0 Å². The second kappa shape index (κ2) is 11.0. The quantitative estimate of drug-likeness (QED) is 0.286. The zero-order chi connectivity index (χ0) is 23.3. The minimum Gasteiger partial charge on any atom is -0.327 e. The van der Waals surface area contributed by atoms with Crippen LogP contribution in [0.15, 0.2) is 24.3 Å². The number of hydrogen-bond donors (Lipinski definition) is 0. The fourth-order valence-electron chi connectivity index (χ4n) is 6.68. The van der Waals surface area contributed by atoms with Gasteiger partial charge in [-0.25, -0.2) is 4.98 Å². The maximum Gasteiger partial charge on any atom is 0.254 e. The number of carbonyl (C=O) groups excluding carboxylic acids is 2. The van der Waals surface area contributed by atoms with Crippen LogP contribution in [-0.2, 0) is 13.0 Å². The van der Waals surface area contributed by atoms with Crippen LogP contribution in [0.25, 0.3) is 11.3 Å².